The van der Waals surface area contributed by atoms with Crippen LogP contribution in [0.2, 0.25) is 0 Å². The fourth-order valence-corrected chi connectivity index (χ4v) is 8.50. The maximum absolute atomic E-state index is 14.1. The molecule has 54 heavy (non-hydrogen) atoms. The van der Waals surface area contributed by atoms with Crippen molar-refractivity contribution in [1.29, 1.82) is 0 Å². The molecule has 2 unspecified atom stereocenters. The zero-order valence-corrected chi connectivity index (χ0v) is 30.0. The molecule has 2 atom stereocenters. The lowest BCUT2D eigenvalue weighted by molar-refractivity contribution is -0.136. The molecule has 0 spiro atoms. The minimum atomic E-state index is -0.595. The number of carbonyl (C=O) groups is 3. The predicted molar refractivity (Wildman–Crippen MR) is 201 cm³/mol. The van der Waals surface area contributed by atoms with E-state index >= 15 is 0 Å². The van der Waals surface area contributed by atoms with Gasteiger partial charge in [0.1, 0.15) is 29.2 Å². The minimum absolute atomic E-state index is 0.0717. The fourth-order valence-electron chi connectivity index (χ4n) is 8.50. The number of amides is 3. The van der Waals surface area contributed by atoms with Crippen molar-refractivity contribution in [3.8, 4) is 11.4 Å². The van der Waals surface area contributed by atoms with Gasteiger partial charge in [0, 0.05) is 51.3 Å². The number of aryl methyl sites for hydroxylation is 1. The number of nitrogens with one attached hydrogen (secondary N) is 1. The van der Waals surface area contributed by atoms with Gasteiger partial charge in [-0.1, -0.05) is 30.3 Å². The summed E-state index contributed by atoms with van der Waals surface area (Å²) in [5, 5.41) is 7.39. The van der Waals surface area contributed by atoms with E-state index in [0.29, 0.717) is 18.5 Å². The van der Waals surface area contributed by atoms with Gasteiger partial charge >= 0.3 is 0 Å². The van der Waals surface area contributed by atoms with Crippen LogP contribution in [0.4, 0.5) is 16.0 Å². The standard InChI is InChI=1S/C41H42FN9O3/c42-30-7-1-6-28(24-30)33-9-4-18-49(33)38-15-14-36-43-25-35(51(36)46-38)32-8-2-10-37(44-32)48-21-19-47(20-22-48)17-3-5-27-11-12-29-26-50(41(54)31(29)23-27)34-13-16-39(52)45-40(34)53/h1-2,6-8,10-12,14-15,23-25,33-34H,3-5,9,13,16-22,26H2,(H,45,52,53). The minimum Gasteiger partial charge on any atom is -0.354 e. The van der Waals surface area contributed by atoms with Gasteiger partial charge in [0.05, 0.1) is 17.9 Å². The first-order valence-corrected chi connectivity index (χ1v) is 19.0. The maximum Gasteiger partial charge on any atom is 0.255 e. The van der Waals surface area contributed by atoms with Crippen LogP contribution in [0.25, 0.3) is 17.0 Å². The zero-order chi connectivity index (χ0) is 36.8. The number of imidazole rings is 1. The van der Waals surface area contributed by atoms with Crippen molar-refractivity contribution >= 4 is 35.0 Å². The molecule has 7 heterocycles. The molecule has 9 rings (SSSR count). The van der Waals surface area contributed by atoms with Crippen LogP contribution in [0.15, 0.2) is 79.0 Å². The Morgan fingerprint density at radius 3 is 2.56 bits per heavy atom. The van der Waals surface area contributed by atoms with Crippen molar-refractivity contribution in [3.63, 3.8) is 0 Å². The van der Waals surface area contributed by atoms with Crippen LogP contribution in [0.5, 0.6) is 0 Å². The van der Waals surface area contributed by atoms with Crippen LogP contribution in [-0.4, -0.2) is 92.4 Å². The van der Waals surface area contributed by atoms with E-state index in [1.54, 1.807) is 17.0 Å². The highest BCUT2D eigenvalue weighted by Gasteiger charge is 2.39. The Hall–Kier alpha value is -5.69. The number of imide groups is 1. The van der Waals surface area contributed by atoms with Crippen LogP contribution >= 0.6 is 0 Å². The Morgan fingerprint density at radius 2 is 1.70 bits per heavy atom. The van der Waals surface area contributed by atoms with E-state index in [-0.39, 0.29) is 36.0 Å². The van der Waals surface area contributed by atoms with Crippen molar-refractivity contribution in [3.05, 3.63) is 107 Å². The third-order valence-electron chi connectivity index (χ3n) is 11.4. The van der Waals surface area contributed by atoms with Crippen LogP contribution < -0.4 is 15.1 Å². The lowest BCUT2D eigenvalue weighted by atomic mass is 10.0. The second-order valence-electron chi connectivity index (χ2n) is 14.7. The number of piperazine rings is 1. The van der Waals surface area contributed by atoms with Gasteiger partial charge in [-0.3, -0.25) is 24.6 Å². The number of aromatic nitrogens is 4. The molecule has 3 fully saturated rings. The van der Waals surface area contributed by atoms with Gasteiger partial charge in [-0.2, -0.15) is 0 Å². The first-order valence-electron chi connectivity index (χ1n) is 19.0. The second-order valence-corrected chi connectivity index (χ2v) is 14.7. The SMILES string of the molecule is O=C1CCC(N2Cc3ccc(CCCN4CCN(c5cccc(-c6cnc7ccc(N8CCCC8c8cccc(F)c8)nn67)n5)CC4)cc3C2=O)C(=O)N1. The van der Waals surface area contributed by atoms with Gasteiger partial charge in [-0.25, -0.2) is 18.9 Å². The number of pyridine rings is 1. The molecule has 4 aliphatic heterocycles. The molecular formula is C41H42FN9O3. The fraction of sp³-hybridized carbons (Fsp3) is 0.366. The summed E-state index contributed by atoms with van der Waals surface area (Å²) in [7, 11) is 0. The number of rotatable bonds is 9. The van der Waals surface area contributed by atoms with Crippen LogP contribution in [0, 0.1) is 5.82 Å². The number of anilines is 2. The number of nitrogens with zero attached hydrogens (tertiary/aromatic N) is 8. The molecule has 13 heteroatoms. The topological polar surface area (TPSA) is 119 Å². The molecule has 3 aromatic heterocycles. The Balaban J connectivity index is 0.808. The molecule has 3 amide bonds. The van der Waals surface area contributed by atoms with Crippen molar-refractivity contribution in [2.24, 2.45) is 0 Å². The van der Waals surface area contributed by atoms with Crippen molar-refractivity contribution in [2.75, 3.05) is 49.1 Å². The highest BCUT2D eigenvalue weighted by atomic mass is 19.1. The molecule has 12 nitrogen and oxygen atoms in total. The van der Waals surface area contributed by atoms with Crippen molar-refractivity contribution < 1.29 is 18.8 Å². The van der Waals surface area contributed by atoms with Crippen LogP contribution in [0.1, 0.15) is 65.2 Å². The van der Waals surface area contributed by atoms with Crippen molar-refractivity contribution in [1.82, 2.24) is 34.7 Å². The summed E-state index contributed by atoms with van der Waals surface area (Å²) in [6.07, 6.45) is 6.25. The molecule has 0 saturated carbocycles. The highest BCUT2D eigenvalue weighted by Crippen LogP contribution is 2.36. The summed E-state index contributed by atoms with van der Waals surface area (Å²) in [5.41, 5.74) is 6.07. The largest absolute Gasteiger partial charge is 0.354 e. The molecule has 5 aromatic rings. The van der Waals surface area contributed by atoms with Crippen molar-refractivity contribution in [2.45, 2.75) is 57.2 Å². The third kappa shape index (κ3) is 6.57. The average Bonchev–Trinajstić information content (AvgIpc) is 3.93. The number of hydrogen-bond donors (Lipinski definition) is 1. The first kappa shape index (κ1) is 34.1. The monoisotopic (exact) mass is 727 g/mol. The summed E-state index contributed by atoms with van der Waals surface area (Å²) < 4.78 is 15.9. The lowest BCUT2D eigenvalue weighted by Gasteiger charge is -2.35. The molecule has 3 saturated heterocycles. The summed E-state index contributed by atoms with van der Waals surface area (Å²) >= 11 is 0. The molecular weight excluding hydrogens is 686 g/mol. The summed E-state index contributed by atoms with van der Waals surface area (Å²) in [4.78, 5) is 55.6. The van der Waals surface area contributed by atoms with Gasteiger partial charge in [-0.15, -0.1) is 5.10 Å². The number of halogens is 1. The van der Waals surface area contributed by atoms with E-state index in [9.17, 15) is 18.8 Å². The molecule has 0 aliphatic carbocycles. The van der Waals surface area contributed by atoms with E-state index < -0.39 is 6.04 Å². The molecule has 2 aromatic carbocycles. The van der Waals surface area contributed by atoms with E-state index in [0.717, 1.165) is 110 Å². The number of fused-ring (bicyclic) bond motifs is 2. The van der Waals surface area contributed by atoms with Crippen LogP contribution in [-0.2, 0) is 22.6 Å². The zero-order valence-electron chi connectivity index (χ0n) is 30.0. The first-order chi connectivity index (χ1) is 26.4. The van der Waals surface area contributed by atoms with Gasteiger partial charge in [0.2, 0.25) is 11.8 Å². The number of hydrogen-bond acceptors (Lipinski definition) is 9. The average molecular weight is 728 g/mol. The molecule has 0 bridgehead atoms. The summed E-state index contributed by atoms with van der Waals surface area (Å²) in [6, 6.07) is 22.5. The van der Waals surface area contributed by atoms with E-state index in [1.807, 2.05) is 53.2 Å². The Morgan fingerprint density at radius 1 is 0.833 bits per heavy atom. The molecule has 4 aliphatic rings. The van der Waals surface area contributed by atoms with E-state index in [2.05, 4.69) is 37.1 Å². The predicted octanol–water partition coefficient (Wildman–Crippen LogP) is 4.79. The van der Waals surface area contributed by atoms with Crippen LogP contribution in [0.3, 0.4) is 0 Å². The van der Waals surface area contributed by atoms with Gasteiger partial charge in [-0.05, 0) is 97.8 Å². The quantitative estimate of drug-likeness (QED) is 0.214. The Labute approximate surface area is 312 Å². The maximum atomic E-state index is 14.1. The smallest absolute Gasteiger partial charge is 0.255 e. The van der Waals surface area contributed by atoms with Gasteiger partial charge in [0.25, 0.3) is 5.91 Å². The third-order valence-corrected chi connectivity index (χ3v) is 11.4. The summed E-state index contributed by atoms with van der Waals surface area (Å²) in [6.45, 7) is 5.81. The van der Waals surface area contributed by atoms with E-state index in [4.69, 9.17) is 10.1 Å². The number of carbonyl (C=O) groups excluding carboxylic acids is 3. The second kappa shape index (κ2) is 14.3. The number of piperidine rings is 1. The highest BCUT2D eigenvalue weighted by molar-refractivity contribution is 6.05. The van der Waals surface area contributed by atoms with Gasteiger partial charge < -0.3 is 14.7 Å². The Kier molecular flexibility index (Phi) is 9.01. The normalized spacial score (nSPS) is 20.6. The van der Waals surface area contributed by atoms with Gasteiger partial charge in [0.15, 0.2) is 5.65 Å². The lowest BCUT2D eigenvalue weighted by Crippen LogP contribution is -2.52. The van der Waals surface area contributed by atoms with E-state index in [1.165, 1.54) is 6.07 Å². The number of benzene rings is 2. The summed E-state index contributed by atoms with van der Waals surface area (Å²) in [5.74, 6) is 0.751. The molecule has 0 radical (unpaired) electrons. The molecule has 1 N–H and O–H groups in total. The Bertz CT molecular complexity index is 2250. The molecule has 276 valence electrons.